The number of nitrogens with zero attached hydrogens (tertiary/aromatic N) is 1. The lowest BCUT2D eigenvalue weighted by molar-refractivity contribution is 0.0948. The largest absolute Gasteiger partial charge is 0.474 e. The molecule has 0 atom stereocenters. The second kappa shape index (κ2) is 3.30. The molecule has 1 aliphatic rings. The minimum absolute atomic E-state index is 0.115. The van der Waals surface area contributed by atoms with Crippen LogP contribution in [0.3, 0.4) is 0 Å². The molecule has 0 aromatic carbocycles. The number of nitrogens with two attached hydrogens (primary N) is 1. The topological polar surface area (TPSA) is 48.1 Å². The summed E-state index contributed by atoms with van der Waals surface area (Å²) in [5.41, 5.74) is 5.58. The summed E-state index contributed by atoms with van der Waals surface area (Å²) >= 11 is 0. The van der Waals surface area contributed by atoms with E-state index in [-0.39, 0.29) is 12.1 Å². The van der Waals surface area contributed by atoms with Crippen LogP contribution in [0.2, 0.25) is 0 Å². The highest BCUT2D eigenvalue weighted by atomic mass is 19.1. The zero-order chi connectivity index (χ0) is 9.26. The molecular formula is C9H11FN2O. The summed E-state index contributed by atoms with van der Waals surface area (Å²) in [5.74, 6) is -0.168. The number of ether oxygens (including phenoxy) is 1. The fourth-order valence-corrected chi connectivity index (χ4v) is 1.33. The molecule has 1 aromatic heterocycles. The monoisotopic (exact) mass is 182 g/mol. The van der Waals surface area contributed by atoms with Gasteiger partial charge in [0, 0.05) is 12.1 Å². The van der Waals surface area contributed by atoms with E-state index in [0.29, 0.717) is 5.88 Å². The fourth-order valence-electron chi connectivity index (χ4n) is 1.33. The van der Waals surface area contributed by atoms with Crippen LogP contribution in [0, 0.1) is 5.95 Å². The van der Waals surface area contributed by atoms with Crippen molar-refractivity contribution in [2.24, 2.45) is 5.73 Å². The van der Waals surface area contributed by atoms with E-state index in [0.717, 1.165) is 12.8 Å². The summed E-state index contributed by atoms with van der Waals surface area (Å²) < 4.78 is 18.0. The first kappa shape index (κ1) is 8.44. The second-order valence-electron chi connectivity index (χ2n) is 3.27. The third kappa shape index (κ3) is 1.95. The van der Waals surface area contributed by atoms with E-state index in [1.165, 1.54) is 6.07 Å². The third-order valence-electron chi connectivity index (χ3n) is 2.11. The first-order valence-electron chi connectivity index (χ1n) is 4.29. The number of rotatable bonds is 2. The van der Waals surface area contributed by atoms with Gasteiger partial charge in [-0.15, -0.1) is 0 Å². The van der Waals surface area contributed by atoms with Crippen molar-refractivity contribution in [1.82, 2.24) is 4.98 Å². The summed E-state index contributed by atoms with van der Waals surface area (Å²) in [6.07, 6.45) is 1.78. The molecule has 1 fully saturated rings. The minimum atomic E-state index is -0.513. The molecule has 0 saturated heterocycles. The molecule has 3 nitrogen and oxygen atoms in total. The van der Waals surface area contributed by atoms with E-state index in [2.05, 4.69) is 4.98 Å². The number of aromatic nitrogens is 1. The summed E-state index contributed by atoms with van der Waals surface area (Å²) in [6.45, 7) is 0. The summed E-state index contributed by atoms with van der Waals surface area (Å²) in [7, 11) is 0. The molecule has 1 aliphatic carbocycles. The average molecular weight is 182 g/mol. The maximum absolute atomic E-state index is 12.6. The lowest BCUT2D eigenvalue weighted by Crippen LogP contribution is -2.43. The van der Waals surface area contributed by atoms with E-state index in [1.807, 2.05) is 0 Å². The predicted molar refractivity (Wildman–Crippen MR) is 45.8 cm³/mol. The normalized spacial score (nSPS) is 26.6. The van der Waals surface area contributed by atoms with Crippen molar-refractivity contribution >= 4 is 0 Å². The zero-order valence-electron chi connectivity index (χ0n) is 7.11. The van der Waals surface area contributed by atoms with Gasteiger partial charge in [-0.25, -0.2) is 0 Å². The van der Waals surface area contributed by atoms with Crippen molar-refractivity contribution < 1.29 is 9.13 Å². The molecule has 13 heavy (non-hydrogen) atoms. The maximum Gasteiger partial charge on any atom is 0.216 e. The lowest BCUT2D eigenvalue weighted by Gasteiger charge is -2.31. The Morgan fingerprint density at radius 3 is 2.85 bits per heavy atom. The van der Waals surface area contributed by atoms with E-state index in [1.54, 1.807) is 12.1 Å². The Hall–Kier alpha value is -1.16. The first-order chi connectivity index (χ1) is 6.24. The van der Waals surface area contributed by atoms with Gasteiger partial charge in [0.25, 0.3) is 0 Å². The van der Waals surface area contributed by atoms with Crippen LogP contribution in [0.5, 0.6) is 5.88 Å². The van der Waals surface area contributed by atoms with E-state index in [9.17, 15) is 4.39 Å². The number of pyridine rings is 1. The molecule has 0 aliphatic heterocycles. The van der Waals surface area contributed by atoms with E-state index < -0.39 is 5.95 Å². The smallest absolute Gasteiger partial charge is 0.216 e. The highest BCUT2D eigenvalue weighted by Gasteiger charge is 2.27. The van der Waals surface area contributed by atoms with Crippen LogP contribution in [0.25, 0.3) is 0 Å². The van der Waals surface area contributed by atoms with Crippen LogP contribution in [0.15, 0.2) is 18.2 Å². The highest BCUT2D eigenvalue weighted by Crippen LogP contribution is 2.23. The molecule has 0 radical (unpaired) electrons. The van der Waals surface area contributed by atoms with Gasteiger partial charge in [-0.2, -0.15) is 9.37 Å². The van der Waals surface area contributed by atoms with Gasteiger partial charge in [-0.3, -0.25) is 0 Å². The van der Waals surface area contributed by atoms with E-state index >= 15 is 0 Å². The maximum atomic E-state index is 12.6. The van der Waals surface area contributed by atoms with Crippen molar-refractivity contribution in [1.29, 1.82) is 0 Å². The van der Waals surface area contributed by atoms with Gasteiger partial charge in [0.2, 0.25) is 11.8 Å². The van der Waals surface area contributed by atoms with Crippen LogP contribution in [-0.4, -0.2) is 17.1 Å². The Balaban J connectivity index is 1.94. The standard InChI is InChI=1S/C9H11FN2O/c10-8-2-1-3-9(12-8)13-7-4-6(11)5-7/h1-3,6-7H,4-5,11H2. The molecule has 4 heteroatoms. The Kier molecular flexibility index (Phi) is 2.14. The third-order valence-corrected chi connectivity index (χ3v) is 2.11. The minimum Gasteiger partial charge on any atom is -0.474 e. The lowest BCUT2D eigenvalue weighted by atomic mass is 9.90. The molecule has 0 bridgehead atoms. The SMILES string of the molecule is NC1CC(Oc2cccc(F)n2)C1. The predicted octanol–water partition coefficient (Wildman–Crippen LogP) is 1.09. The molecule has 0 spiro atoms. The number of hydrogen-bond donors (Lipinski definition) is 1. The zero-order valence-corrected chi connectivity index (χ0v) is 7.11. The molecule has 1 heterocycles. The molecule has 0 unspecified atom stereocenters. The molecule has 70 valence electrons. The van der Waals surface area contributed by atoms with Crippen LogP contribution in [0.1, 0.15) is 12.8 Å². The number of hydrogen-bond acceptors (Lipinski definition) is 3. The summed E-state index contributed by atoms with van der Waals surface area (Å²) in [4.78, 5) is 3.59. The Morgan fingerprint density at radius 2 is 2.23 bits per heavy atom. The van der Waals surface area contributed by atoms with Crippen molar-refractivity contribution in [3.63, 3.8) is 0 Å². The summed E-state index contributed by atoms with van der Waals surface area (Å²) in [6, 6.07) is 4.75. The Morgan fingerprint density at radius 1 is 1.46 bits per heavy atom. The first-order valence-corrected chi connectivity index (χ1v) is 4.29. The van der Waals surface area contributed by atoms with Gasteiger partial charge in [0.05, 0.1) is 0 Å². The van der Waals surface area contributed by atoms with Crippen LogP contribution >= 0.6 is 0 Å². The Bertz CT molecular complexity index is 299. The molecular weight excluding hydrogens is 171 g/mol. The van der Waals surface area contributed by atoms with Crippen LogP contribution in [0.4, 0.5) is 4.39 Å². The molecule has 1 saturated carbocycles. The Labute approximate surface area is 75.7 Å². The van der Waals surface area contributed by atoms with Gasteiger partial charge in [-0.05, 0) is 18.9 Å². The quantitative estimate of drug-likeness (QED) is 0.696. The summed E-state index contributed by atoms with van der Waals surface area (Å²) in [5, 5.41) is 0. The van der Waals surface area contributed by atoms with E-state index in [4.69, 9.17) is 10.5 Å². The van der Waals surface area contributed by atoms with Crippen molar-refractivity contribution in [3.8, 4) is 5.88 Å². The van der Waals surface area contributed by atoms with Gasteiger partial charge < -0.3 is 10.5 Å². The average Bonchev–Trinajstić information content (AvgIpc) is 2.01. The van der Waals surface area contributed by atoms with Gasteiger partial charge in [0.15, 0.2) is 0 Å². The molecule has 0 amide bonds. The van der Waals surface area contributed by atoms with Crippen molar-refractivity contribution in [2.75, 3.05) is 0 Å². The van der Waals surface area contributed by atoms with Crippen molar-refractivity contribution in [2.45, 2.75) is 25.0 Å². The number of halogens is 1. The van der Waals surface area contributed by atoms with Crippen molar-refractivity contribution in [3.05, 3.63) is 24.1 Å². The van der Waals surface area contributed by atoms with Gasteiger partial charge in [-0.1, -0.05) is 6.07 Å². The molecule has 1 aromatic rings. The van der Waals surface area contributed by atoms with Gasteiger partial charge >= 0.3 is 0 Å². The van der Waals surface area contributed by atoms with Gasteiger partial charge in [0.1, 0.15) is 6.10 Å². The van der Waals surface area contributed by atoms with Crippen LogP contribution < -0.4 is 10.5 Å². The van der Waals surface area contributed by atoms with Crippen LogP contribution in [-0.2, 0) is 0 Å². The second-order valence-corrected chi connectivity index (χ2v) is 3.27. The molecule has 2 rings (SSSR count). The fraction of sp³-hybridized carbons (Fsp3) is 0.444. The molecule has 2 N–H and O–H groups in total. The highest BCUT2D eigenvalue weighted by molar-refractivity contribution is 5.11.